The van der Waals surface area contributed by atoms with Gasteiger partial charge in [0.1, 0.15) is 11.6 Å². The number of piperidine rings is 1. The lowest BCUT2D eigenvalue weighted by atomic mass is 9.97. The molecule has 8 nitrogen and oxygen atoms in total. The van der Waals surface area contributed by atoms with Crippen LogP contribution >= 0.6 is 0 Å². The zero-order chi connectivity index (χ0) is 25.2. The van der Waals surface area contributed by atoms with E-state index in [1.807, 2.05) is 0 Å². The zero-order valence-corrected chi connectivity index (χ0v) is 20.4. The number of hydrogen-bond donors (Lipinski definition) is 1. The highest BCUT2D eigenvalue weighted by Crippen LogP contribution is 2.25. The third-order valence-electron chi connectivity index (χ3n) is 6.29. The van der Waals surface area contributed by atoms with Crippen molar-refractivity contribution in [3.8, 4) is 5.69 Å². The van der Waals surface area contributed by atoms with Gasteiger partial charge < -0.3 is 9.88 Å². The maximum atomic E-state index is 14.6. The van der Waals surface area contributed by atoms with Crippen molar-refractivity contribution >= 4 is 21.7 Å². The quantitative estimate of drug-likeness (QED) is 0.504. The Morgan fingerprint density at radius 3 is 2.37 bits per heavy atom. The Morgan fingerprint density at radius 2 is 1.80 bits per heavy atom. The van der Waals surface area contributed by atoms with Crippen LogP contribution in [0.1, 0.15) is 41.5 Å². The number of carbonyl (C=O) groups excluding carboxylic acids is 2. The Balaban J connectivity index is 1.32. The lowest BCUT2D eigenvalue weighted by Gasteiger charge is -2.30. The van der Waals surface area contributed by atoms with Gasteiger partial charge in [0.2, 0.25) is 15.9 Å². The van der Waals surface area contributed by atoms with Gasteiger partial charge >= 0.3 is 0 Å². The minimum Gasteiger partial charge on any atom is -0.352 e. The second-order valence-corrected chi connectivity index (χ2v) is 10.5. The van der Waals surface area contributed by atoms with Crippen molar-refractivity contribution in [2.45, 2.75) is 38.1 Å². The number of benzene rings is 2. The van der Waals surface area contributed by atoms with Crippen molar-refractivity contribution in [3.63, 3.8) is 0 Å². The van der Waals surface area contributed by atoms with Crippen LogP contribution in [0, 0.1) is 18.7 Å². The van der Waals surface area contributed by atoms with Crippen LogP contribution in [-0.4, -0.2) is 47.1 Å². The molecule has 0 bridgehead atoms. The van der Waals surface area contributed by atoms with Gasteiger partial charge in [-0.05, 0) is 56.5 Å². The molecular weight excluding hydrogens is 471 g/mol. The van der Waals surface area contributed by atoms with E-state index in [1.165, 1.54) is 41.6 Å². The number of nitrogens with one attached hydrogen (secondary N) is 1. The number of rotatable bonds is 7. The molecule has 1 amide bonds. The molecule has 35 heavy (non-hydrogen) atoms. The van der Waals surface area contributed by atoms with Gasteiger partial charge in [-0.15, -0.1) is 0 Å². The Bertz CT molecular complexity index is 1340. The average Bonchev–Trinajstić information content (AvgIpc) is 3.28. The van der Waals surface area contributed by atoms with Crippen LogP contribution < -0.4 is 5.32 Å². The topological polar surface area (TPSA) is 101 Å². The summed E-state index contributed by atoms with van der Waals surface area (Å²) in [6.45, 7) is 3.84. The molecule has 2 aromatic carbocycles. The second-order valence-electron chi connectivity index (χ2n) is 8.61. The zero-order valence-electron chi connectivity index (χ0n) is 19.6. The molecule has 1 aromatic heterocycles. The molecule has 184 valence electrons. The lowest BCUT2D eigenvalue weighted by Crippen LogP contribution is -2.42. The summed E-state index contributed by atoms with van der Waals surface area (Å²) < 4.78 is 43.4. The first-order valence-electron chi connectivity index (χ1n) is 11.3. The fraction of sp³-hybridized carbons (Fsp3) is 0.320. The van der Waals surface area contributed by atoms with Crippen LogP contribution in [0.4, 0.5) is 4.39 Å². The first kappa shape index (κ1) is 24.7. The van der Waals surface area contributed by atoms with Gasteiger partial charge in [0.25, 0.3) is 0 Å². The number of Topliss-reactive ketones (excluding diaryl/α,β-unsaturated/α-hetero) is 1. The van der Waals surface area contributed by atoms with E-state index >= 15 is 0 Å². The minimum atomic E-state index is -3.70. The van der Waals surface area contributed by atoms with Crippen LogP contribution in [0.15, 0.2) is 59.8 Å². The molecule has 1 aliphatic heterocycles. The van der Waals surface area contributed by atoms with Gasteiger partial charge in [-0.25, -0.2) is 17.8 Å². The molecule has 0 atom stereocenters. The number of ketones is 1. The van der Waals surface area contributed by atoms with E-state index < -0.39 is 15.8 Å². The summed E-state index contributed by atoms with van der Waals surface area (Å²) >= 11 is 0. The van der Waals surface area contributed by atoms with Crippen molar-refractivity contribution in [1.82, 2.24) is 19.2 Å². The molecule has 0 unspecified atom stereocenters. The van der Waals surface area contributed by atoms with Crippen LogP contribution in [0.2, 0.25) is 0 Å². The summed E-state index contributed by atoms with van der Waals surface area (Å²) in [4.78, 5) is 28.3. The molecule has 1 saturated heterocycles. The smallest absolute Gasteiger partial charge is 0.243 e. The molecule has 1 N–H and O–H groups in total. The van der Waals surface area contributed by atoms with Crippen LogP contribution in [0.3, 0.4) is 0 Å². The van der Waals surface area contributed by atoms with Gasteiger partial charge in [0.05, 0.1) is 10.6 Å². The Morgan fingerprint density at radius 1 is 1.11 bits per heavy atom. The highest BCUT2D eigenvalue weighted by atomic mass is 32.2. The normalized spacial score (nSPS) is 15.2. The molecule has 1 aliphatic rings. The van der Waals surface area contributed by atoms with Crippen LogP contribution in [0.25, 0.3) is 5.69 Å². The van der Waals surface area contributed by atoms with E-state index in [-0.39, 0.29) is 42.1 Å². The van der Waals surface area contributed by atoms with E-state index in [2.05, 4.69) is 10.3 Å². The number of nitrogens with zero attached hydrogens (tertiary/aromatic N) is 3. The van der Waals surface area contributed by atoms with Gasteiger partial charge in [-0.2, -0.15) is 4.31 Å². The standard InChI is InChI=1S/C25H27FN4O4S/c1-17(31)20-4-6-22(7-5-20)35(33,34)29-12-9-21(10-13-29)25(32)28-16-19-3-8-24(23(26)15-19)30-14-11-27-18(30)2/h3-8,11,14-15,21H,9-10,12-13,16H2,1-2H3,(H,28,32). The van der Waals surface area contributed by atoms with Gasteiger partial charge in [0, 0.05) is 43.5 Å². The number of imidazole rings is 1. The summed E-state index contributed by atoms with van der Waals surface area (Å²) in [5, 5.41) is 2.84. The van der Waals surface area contributed by atoms with Crippen molar-refractivity contribution in [3.05, 3.63) is 77.6 Å². The van der Waals surface area contributed by atoms with Gasteiger partial charge in [-0.3, -0.25) is 9.59 Å². The number of aromatic nitrogens is 2. The molecule has 10 heteroatoms. The maximum Gasteiger partial charge on any atom is 0.243 e. The summed E-state index contributed by atoms with van der Waals surface area (Å²) in [5.41, 5.74) is 1.47. The first-order chi connectivity index (χ1) is 16.7. The molecule has 4 rings (SSSR count). The highest BCUT2D eigenvalue weighted by Gasteiger charge is 2.32. The minimum absolute atomic E-state index is 0.127. The Labute approximate surface area is 203 Å². The van der Waals surface area contributed by atoms with E-state index in [9.17, 15) is 22.4 Å². The maximum absolute atomic E-state index is 14.6. The molecule has 0 spiro atoms. The largest absolute Gasteiger partial charge is 0.352 e. The van der Waals surface area contributed by atoms with Crippen LogP contribution in [0.5, 0.6) is 0 Å². The average molecular weight is 499 g/mol. The molecular formula is C25H27FN4O4S. The van der Waals surface area contributed by atoms with E-state index in [0.29, 0.717) is 35.5 Å². The summed E-state index contributed by atoms with van der Waals surface area (Å²) in [7, 11) is -3.70. The van der Waals surface area contributed by atoms with Crippen molar-refractivity contribution in [1.29, 1.82) is 0 Å². The van der Waals surface area contributed by atoms with E-state index in [1.54, 1.807) is 36.0 Å². The fourth-order valence-corrected chi connectivity index (χ4v) is 5.66. The van der Waals surface area contributed by atoms with Crippen LogP contribution in [-0.2, 0) is 21.4 Å². The highest BCUT2D eigenvalue weighted by molar-refractivity contribution is 7.89. The Hall–Kier alpha value is -3.37. The number of halogens is 1. The number of sulfonamides is 1. The molecule has 0 radical (unpaired) electrons. The molecule has 3 aromatic rings. The van der Waals surface area contributed by atoms with E-state index in [0.717, 1.165) is 0 Å². The van der Waals surface area contributed by atoms with Crippen molar-refractivity contribution in [2.24, 2.45) is 5.92 Å². The first-order valence-corrected chi connectivity index (χ1v) is 12.8. The van der Waals surface area contributed by atoms with Crippen molar-refractivity contribution < 1.29 is 22.4 Å². The molecule has 0 saturated carbocycles. The fourth-order valence-electron chi connectivity index (χ4n) is 4.19. The third-order valence-corrected chi connectivity index (χ3v) is 8.20. The molecule has 1 fully saturated rings. The number of carbonyl (C=O) groups is 2. The monoisotopic (exact) mass is 498 g/mol. The number of hydrogen-bond acceptors (Lipinski definition) is 5. The number of amides is 1. The predicted molar refractivity (Wildman–Crippen MR) is 128 cm³/mol. The second kappa shape index (κ2) is 10.1. The number of aryl methyl sites for hydroxylation is 1. The SMILES string of the molecule is CC(=O)c1ccc(S(=O)(=O)N2CCC(C(=O)NCc3ccc(-n4ccnc4C)c(F)c3)CC2)cc1. The summed E-state index contributed by atoms with van der Waals surface area (Å²) in [5.74, 6) is -0.367. The van der Waals surface area contributed by atoms with E-state index in [4.69, 9.17) is 0 Å². The Kier molecular flexibility index (Phi) is 7.13. The summed E-state index contributed by atoms with van der Waals surface area (Å²) in [6.07, 6.45) is 4.07. The third kappa shape index (κ3) is 5.33. The molecule has 0 aliphatic carbocycles. The predicted octanol–water partition coefficient (Wildman–Crippen LogP) is 3.24. The van der Waals surface area contributed by atoms with Gasteiger partial charge in [-0.1, -0.05) is 18.2 Å². The summed E-state index contributed by atoms with van der Waals surface area (Å²) in [6, 6.07) is 10.7. The lowest BCUT2D eigenvalue weighted by molar-refractivity contribution is -0.126. The van der Waals surface area contributed by atoms with Crippen molar-refractivity contribution in [2.75, 3.05) is 13.1 Å². The molecule has 2 heterocycles. The van der Waals surface area contributed by atoms with Gasteiger partial charge in [0.15, 0.2) is 5.78 Å².